The van der Waals surface area contributed by atoms with Crippen LogP contribution in [-0.4, -0.2) is 0 Å². The molecule has 0 heterocycles. The standard InChI is InChI=1S/C29H46/c1-6-9-25(10-7-2)14-12-23(4)20-26-16-18-27(19-17-26)21-28-15-13-24(5)29(22-28)11-8-3/h12-15,22,25-27H,4,6-11,16-21H2,1-3,5H3. The lowest BCUT2D eigenvalue weighted by atomic mass is 9.77. The summed E-state index contributed by atoms with van der Waals surface area (Å²) < 4.78 is 0. The highest BCUT2D eigenvalue weighted by atomic mass is 14.3. The summed E-state index contributed by atoms with van der Waals surface area (Å²) in [7, 11) is 0. The van der Waals surface area contributed by atoms with E-state index in [1.807, 2.05) is 0 Å². The van der Waals surface area contributed by atoms with Crippen LogP contribution in [0.2, 0.25) is 0 Å². The van der Waals surface area contributed by atoms with Gasteiger partial charge in [-0.15, -0.1) is 0 Å². The van der Waals surface area contributed by atoms with Crippen molar-refractivity contribution in [2.75, 3.05) is 0 Å². The number of aryl methyl sites for hydroxylation is 2. The Balaban J connectivity index is 1.77. The predicted octanol–water partition coefficient (Wildman–Crippen LogP) is 9.02. The molecular formula is C29H46. The maximum Gasteiger partial charge on any atom is -0.0230 e. The fourth-order valence-electron chi connectivity index (χ4n) is 5.15. The molecule has 1 fully saturated rings. The lowest BCUT2D eigenvalue weighted by molar-refractivity contribution is 0.273. The second kappa shape index (κ2) is 13.1. The van der Waals surface area contributed by atoms with Crippen molar-refractivity contribution >= 4 is 0 Å². The third kappa shape index (κ3) is 8.53. The second-order valence-corrected chi connectivity index (χ2v) is 9.66. The Morgan fingerprint density at radius 2 is 1.66 bits per heavy atom. The summed E-state index contributed by atoms with van der Waals surface area (Å²) in [5.41, 5.74) is 5.94. The molecule has 0 nitrogen and oxygen atoms in total. The van der Waals surface area contributed by atoms with Crippen molar-refractivity contribution in [3.63, 3.8) is 0 Å². The quantitative estimate of drug-likeness (QED) is 0.310. The van der Waals surface area contributed by atoms with Gasteiger partial charge in [0.15, 0.2) is 0 Å². The average molecular weight is 395 g/mol. The van der Waals surface area contributed by atoms with Crippen molar-refractivity contribution < 1.29 is 0 Å². The summed E-state index contributed by atoms with van der Waals surface area (Å²) in [6, 6.07) is 7.20. The zero-order valence-electron chi connectivity index (χ0n) is 19.8. The molecule has 0 aliphatic heterocycles. The van der Waals surface area contributed by atoms with Crippen molar-refractivity contribution in [2.24, 2.45) is 17.8 Å². The summed E-state index contributed by atoms with van der Waals surface area (Å²) in [6.45, 7) is 13.5. The van der Waals surface area contributed by atoms with Crippen LogP contribution in [0.25, 0.3) is 0 Å². The normalized spacial score (nSPS) is 19.9. The first-order chi connectivity index (χ1) is 14.0. The Bertz CT molecular complexity index is 621. The Hall–Kier alpha value is -1.30. The molecule has 0 amide bonds. The predicted molar refractivity (Wildman–Crippen MR) is 131 cm³/mol. The molecule has 1 saturated carbocycles. The average Bonchev–Trinajstić information content (AvgIpc) is 2.71. The van der Waals surface area contributed by atoms with Crippen molar-refractivity contribution in [2.45, 2.75) is 105 Å². The number of hydrogen-bond acceptors (Lipinski definition) is 0. The SMILES string of the molecule is C=C(C=CC(CCC)CCC)CC1CCC(Cc2ccc(C)c(CCC)c2)CC1. The van der Waals surface area contributed by atoms with Gasteiger partial charge in [0.2, 0.25) is 0 Å². The van der Waals surface area contributed by atoms with Gasteiger partial charge in [-0.1, -0.05) is 82.5 Å². The van der Waals surface area contributed by atoms with Gasteiger partial charge in [0.1, 0.15) is 0 Å². The highest BCUT2D eigenvalue weighted by molar-refractivity contribution is 5.31. The van der Waals surface area contributed by atoms with Crippen molar-refractivity contribution in [3.05, 3.63) is 59.2 Å². The first-order valence-electron chi connectivity index (χ1n) is 12.5. The highest BCUT2D eigenvalue weighted by Crippen LogP contribution is 2.34. The molecule has 0 spiro atoms. The van der Waals surface area contributed by atoms with Crippen LogP contribution < -0.4 is 0 Å². The molecule has 162 valence electrons. The molecule has 0 atom stereocenters. The topological polar surface area (TPSA) is 0 Å². The Kier molecular flexibility index (Phi) is 10.8. The highest BCUT2D eigenvalue weighted by Gasteiger charge is 2.21. The monoisotopic (exact) mass is 394 g/mol. The molecule has 0 saturated heterocycles. The fraction of sp³-hybridized carbons (Fsp3) is 0.655. The summed E-state index contributed by atoms with van der Waals surface area (Å²) in [5, 5.41) is 0. The zero-order valence-corrected chi connectivity index (χ0v) is 19.8. The van der Waals surface area contributed by atoms with E-state index in [9.17, 15) is 0 Å². The van der Waals surface area contributed by atoms with Gasteiger partial charge in [0, 0.05) is 0 Å². The van der Waals surface area contributed by atoms with Crippen LogP contribution in [0.1, 0.15) is 102 Å². The molecule has 0 N–H and O–H groups in total. The molecule has 1 aromatic carbocycles. The van der Waals surface area contributed by atoms with Gasteiger partial charge in [-0.2, -0.15) is 0 Å². The van der Waals surface area contributed by atoms with E-state index >= 15 is 0 Å². The molecular weight excluding hydrogens is 348 g/mol. The largest absolute Gasteiger partial charge is 0.0958 e. The minimum atomic E-state index is 0.754. The number of benzene rings is 1. The minimum absolute atomic E-state index is 0.754. The maximum atomic E-state index is 4.38. The molecule has 29 heavy (non-hydrogen) atoms. The summed E-state index contributed by atoms with van der Waals surface area (Å²) in [5.74, 6) is 2.49. The molecule has 0 heteroatoms. The number of hydrogen-bond donors (Lipinski definition) is 0. The van der Waals surface area contributed by atoms with Gasteiger partial charge in [-0.05, 0) is 99.2 Å². The molecule has 0 bridgehead atoms. The van der Waals surface area contributed by atoms with Crippen molar-refractivity contribution in [1.82, 2.24) is 0 Å². The Labute approximate surface area is 181 Å². The summed E-state index contributed by atoms with van der Waals surface area (Å²) in [4.78, 5) is 0. The third-order valence-corrected chi connectivity index (χ3v) is 6.90. The zero-order chi connectivity index (χ0) is 21.1. The van der Waals surface area contributed by atoms with E-state index < -0.39 is 0 Å². The minimum Gasteiger partial charge on any atom is -0.0958 e. The molecule has 1 aromatic rings. The van der Waals surface area contributed by atoms with Gasteiger partial charge in [0.25, 0.3) is 0 Å². The first-order valence-corrected chi connectivity index (χ1v) is 12.5. The van der Waals surface area contributed by atoms with Crippen LogP contribution in [0.15, 0.2) is 42.5 Å². The maximum absolute atomic E-state index is 4.38. The molecule has 0 unspecified atom stereocenters. The fourth-order valence-corrected chi connectivity index (χ4v) is 5.15. The van der Waals surface area contributed by atoms with E-state index in [-0.39, 0.29) is 0 Å². The van der Waals surface area contributed by atoms with E-state index in [1.54, 1.807) is 11.1 Å². The lowest BCUT2D eigenvalue weighted by Gasteiger charge is -2.29. The molecule has 0 radical (unpaired) electrons. The Morgan fingerprint density at radius 3 is 2.28 bits per heavy atom. The van der Waals surface area contributed by atoms with Crippen molar-refractivity contribution in [1.29, 1.82) is 0 Å². The van der Waals surface area contributed by atoms with Gasteiger partial charge >= 0.3 is 0 Å². The van der Waals surface area contributed by atoms with Gasteiger partial charge in [-0.25, -0.2) is 0 Å². The van der Waals surface area contributed by atoms with Crippen LogP contribution >= 0.6 is 0 Å². The van der Waals surface area contributed by atoms with Gasteiger partial charge in [0.05, 0.1) is 0 Å². The molecule has 1 aliphatic rings. The van der Waals surface area contributed by atoms with Crippen molar-refractivity contribution in [3.8, 4) is 0 Å². The number of allylic oxidation sites excluding steroid dienone is 3. The van der Waals surface area contributed by atoms with Crippen LogP contribution in [0.5, 0.6) is 0 Å². The van der Waals surface area contributed by atoms with Crippen LogP contribution in [0.3, 0.4) is 0 Å². The second-order valence-electron chi connectivity index (χ2n) is 9.66. The molecule has 2 rings (SSSR count). The molecule has 1 aliphatic carbocycles. The van der Waals surface area contributed by atoms with E-state index in [0.717, 1.165) is 17.8 Å². The van der Waals surface area contributed by atoms with Crippen LogP contribution in [-0.2, 0) is 12.8 Å². The Morgan fingerprint density at radius 1 is 1.00 bits per heavy atom. The summed E-state index contributed by atoms with van der Waals surface area (Å²) >= 11 is 0. The third-order valence-electron chi connectivity index (χ3n) is 6.90. The van der Waals surface area contributed by atoms with Gasteiger partial charge < -0.3 is 0 Å². The van der Waals surface area contributed by atoms with E-state index in [4.69, 9.17) is 0 Å². The smallest absolute Gasteiger partial charge is 0.0230 e. The van der Waals surface area contributed by atoms with Gasteiger partial charge in [-0.3, -0.25) is 0 Å². The van der Waals surface area contributed by atoms with Crippen LogP contribution in [0, 0.1) is 24.7 Å². The lowest BCUT2D eigenvalue weighted by Crippen LogP contribution is -2.16. The van der Waals surface area contributed by atoms with Crippen LogP contribution in [0.4, 0.5) is 0 Å². The summed E-state index contributed by atoms with van der Waals surface area (Å²) in [6.07, 6.45) is 20.5. The molecule has 0 aromatic heterocycles. The van der Waals surface area contributed by atoms with E-state index in [1.165, 1.54) is 88.2 Å². The first kappa shape index (κ1) is 24.0. The van der Waals surface area contributed by atoms with E-state index in [0.29, 0.717) is 0 Å². The number of rotatable bonds is 12. The van der Waals surface area contributed by atoms with E-state index in [2.05, 4.69) is 64.6 Å².